The number of benzene rings is 1. The molecule has 1 aliphatic carbocycles. The van der Waals surface area contributed by atoms with E-state index in [9.17, 15) is 4.79 Å². The van der Waals surface area contributed by atoms with Gasteiger partial charge in [-0.15, -0.1) is 22.7 Å². The average Bonchev–Trinajstić information content (AvgIpc) is 3.71. The minimum Gasteiger partial charge on any atom is -0.467 e. The molecular weight excluding hydrogens is 547 g/mol. The van der Waals surface area contributed by atoms with E-state index in [1.165, 1.54) is 16.6 Å². The molecule has 0 unspecified atom stereocenters. The number of hydrogen-bond acceptors (Lipinski definition) is 8. The Hall–Kier alpha value is -3.14. The fraction of sp³-hybridized carbons (Fsp3) is 0.300. The van der Waals surface area contributed by atoms with Gasteiger partial charge >= 0.3 is 0 Å². The number of furan rings is 2. The van der Waals surface area contributed by atoms with Crippen molar-refractivity contribution in [1.29, 1.82) is 0 Å². The first kappa shape index (κ1) is 26.1. The number of rotatable bonds is 7. The third-order valence-electron chi connectivity index (χ3n) is 7.08. The van der Waals surface area contributed by atoms with Crippen molar-refractivity contribution in [3.63, 3.8) is 0 Å². The van der Waals surface area contributed by atoms with Crippen molar-refractivity contribution in [2.75, 3.05) is 0 Å². The van der Waals surface area contributed by atoms with Crippen LogP contribution in [0.25, 0.3) is 10.2 Å². The molecule has 0 bridgehead atoms. The van der Waals surface area contributed by atoms with Gasteiger partial charge in [0.05, 0.1) is 34.8 Å². The number of carbonyl (C=O) groups is 1. The second-order valence-electron chi connectivity index (χ2n) is 10.7. The molecule has 0 aliphatic heterocycles. The maximum absolute atomic E-state index is 13.4. The summed E-state index contributed by atoms with van der Waals surface area (Å²) in [5, 5.41) is 4.51. The lowest BCUT2D eigenvalue weighted by Gasteiger charge is -2.33. The first-order valence-corrected chi connectivity index (χ1v) is 15.4. The minimum atomic E-state index is -0.114. The van der Waals surface area contributed by atoms with Gasteiger partial charge in [-0.3, -0.25) is 4.79 Å². The normalized spacial score (nSPS) is 15.7. The van der Waals surface area contributed by atoms with Crippen molar-refractivity contribution < 1.29 is 13.6 Å². The number of thiazole rings is 1. The number of fused-ring (bicyclic) bond motifs is 2. The number of aliphatic imine (C=N–C) groups is 1. The first-order valence-electron chi connectivity index (χ1n) is 13.0. The highest BCUT2D eigenvalue weighted by molar-refractivity contribution is 8.01. The van der Waals surface area contributed by atoms with Gasteiger partial charge in [-0.2, -0.15) is 0 Å². The van der Waals surface area contributed by atoms with Crippen LogP contribution in [0, 0.1) is 11.3 Å². The van der Waals surface area contributed by atoms with Crippen LogP contribution in [0.1, 0.15) is 59.5 Å². The van der Waals surface area contributed by atoms with Crippen LogP contribution in [0.4, 0.5) is 5.00 Å². The van der Waals surface area contributed by atoms with Crippen molar-refractivity contribution in [2.45, 2.75) is 56.0 Å². The predicted octanol–water partition coefficient (Wildman–Crippen LogP) is 8.53. The molecule has 200 valence electrons. The zero-order chi connectivity index (χ0) is 27.0. The van der Waals surface area contributed by atoms with Gasteiger partial charge in [-0.1, -0.05) is 32.9 Å². The summed E-state index contributed by atoms with van der Waals surface area (Å²) in [7, 11) is 0. The van der Waals surface area contributed by atoms with Gasteiger partial charge in [0, 0.05) is 4.88 Å². The molecule has 1 atom stereocenters. The predicted molar refractivity (Wildman–Crippen MR) is 159 cm³/mol. The Balaban J connectivity index is 1.24. The van der Waals surface area contributed by atoms with Gasteiger partial charge in [0.2, 0.25) is 0 Å². The number of aromatic nitrogens is 1. The quantitative estimate of drug-likeness (QED) is 0.197. The van der Waals surface area contributed by atoms with Crippen LogP contribution in [0.3, 0.4) is 0 Å². The molecule has 4 aromatic heterocycles. The van der Waals surface area contributed by atoms with Gasteiger partial charge < -0.3 is 14.2 Å². The Morgan fingerprint density at radius 3 is 2.85 bits per heavy atom. The summed E-state index contributed by atoms with van der Waals surface area (Å²) in [5.74, 6) is 1.82. The van der Waals surface area contributed by atoms with E-state index in [1.807, 2.05) is 42.5 Å². The fourth-order valence-corrected chi connectivity index (χ4v) is 8.10. The molecule has 9 heteroatoms. The molecule has 1 amide bonds. The molecule has 0 radical (unpaired) electrons. The molecular formula is C30H29N3O3S3. The number of nitrogens with one attached hydrogen (secondary N) is 1. The van der Waals surface area contributed by atoms with Crippen molar-refractivity contribution in [1.82, 2.24) is 10.3 Å². The van der Waals surface area contributed by atoms with E-state index in [2.05, 4.69) is 37.1 Å². The fourth-order valence-electron chi connectivity index (χ4n) is 4.87. The van der Waals surface area contributed by atoms with Gasteiger partial charge in [-0.25, -0.2) is 9.98 Å². The van der Waals surface area contributed by atoms with E-state index < -0.39 is 0 Å². The second kappa shape index (κ2) is 10.8. The number of amides is 1. The second-order valence-corrected chi connectivity index (χ2v) is 14.1. The van der Waals surface area contributed by atoms with Gasteiger partial charge in [0.15, 0.2) is 9.43 Å². The molecule has 0 spiro atoms. The zero-order valence-electron chi connectivity index (χ0n) is 22.0. The number of hydrogen-bond donors (Lipinski definition) is 1. The van der Waals surface area contributed by atoms with E-state index in [0.29, 0.717) is 23.8 Å². The average molecular weight is 576 g/mol. The topological polar surface area (TPSA) is 80.6 Å². The molecule has 6 nitrogen and oxygen atoms in total. The first-order chi connectivity index (χ1) is 18.8. The molecule has 1 aliphatic rings. The van der Waals surface area contributed by atoms with Crippen LogP contribution < -0.4 is 5.32 Å². The molecule has 0 saturated heterocycles. The Morgan fingerprint density at radius 2 is 2.05 bits per heavy atom. The molecule has 5 aromatic rings. The molecule has 39 heavy (non-hydrogen) atoms. The smallest absolute Gasteiger partial charge is 0.255 e. The summed E-state index contributed by atoms with van der Waals surface area (Å²) in [5.41, 5.74) is 3.03. The van der Waals surface area contributed by atoms with Gasteiger partial charge in [0.25, 0.3) is 5.91 Å². The molecule has 0 saturated carbocycles. The summed E-state index contributed by atoms with van der Waals surface area (Å²) >= 11 is 4.78. The monoisotopic (exact) mass is 575 g/mol. The van der Waals surface area contributed by atoms with Crippen LogP contribution in [-0.4, -0.2) is 17.1 Å². The van der Waals surface area contributed by atoms with Crippen LogP contribution in [0.15, 0.2) is 78.1 Å². The number of carbonyl (C=O) groups excluding carboxylic acids is 1. The van der Waals surface area contributed by atoms with Crippen LogP contribution >= 0.6 is 34.4 Å². The number of para-hydroxylation sites is 1. The molecule has 6 rings (SSSR count). The highest BCUT2D eigenvalue weighted by atomic mass is 32.2. The highest BCUT2D eigenvalue weighted by Crippen LogP contribution is 2.45. The van der Waals surface area contributed by atoms with Crippen molar-refractivity contribution >= 4 is 61.8 Å². The van der Waals surface area contributed by atoms with E-state index >= 15 is 0 Å². The largest absolute Gasteiger partial charge is 0.467 e. The van der Waals surface area contributed by atoms with Crippen LogP contribution in [-0.2, 0) is 19.4 Å². The van der Waals surface area contributed by atoms with E-state index in [1.54, 1.807) is 35.2 Å². The van der Waals surface area contributed by atoms with E-state index in [4.69, 9.17) is 13.8 Å². The number of nitrogens with zero attached hydrogens (tertiary/aromatic N) is 2. The Bertz CT molecular complexity index is 1600. The lowest BCUT2D eigenvalue weighted by molar-refractivity contribution is 0.0947. The Labute approximate surface area is 239 Å². The zero-order valence-corrected chi connectivity index (χ0v) is 24.5. The third-order valence-corrected chi connectivity index (χ3v) is 10.3. The third kappa shape index (κ3) is 5.76. The molecule has 1 N–H and O–H groups in total. The molecule has 4 heterocycles. The summed E-state index contributed by atoms with van der Waals surface area (Å²) in [6.45, 7) is 7.24. The summed E-state index contributed by atoms with van der Waals surface area (Å²) in [6, 6.07) is 15.6. The van der Waals surface area contributed by atoms with Gasteiger partial charge in [-0.05, 0) is 84.3 Å². The van der Waals surface area contributed by atoms with E-state index in [-0.39, 0.29) is 11.3 Å². The minimum absolute atomic E-state index is 0.114. The highest BCUT2D eigenvalue weighted by Gasteiger charge is 2.33. The maximum atomic E-state index is 13.4. The SMILES string of the molecule is CC(C)(C)[C@H]1CCc2c(sc(N=Cc3ccc(Sc4nc5ccccc5s4)o3)c2C(=O)NCc2ccco2)C1. The van der Waals surface area contributed by atoms with E-state index in [0.717, 1.165) is 55.2 Å². The Kier molecular flexibility index (Phi) is 7.22. The molecule has 0 fully saturated rings. The van der Waals surface area contributed by atoms with Crippen molar-refractivity contribution in [3.8, 4) is 0 Å². The summed E-state index contributed by atoms with van der Waals surface area (Å²) < 4.78 is 13.5. The van der Waals surface area contributed by atoms with Crippen LogP contribution in [0.2, 0.25) is 0 Å². The summed E-state index contributed by atoms with van der Waals surface area (Å²) in [4.78, 5) is 24.1. The lowest BCUT2D eigenvalue weighted by atomic mass is 9.72. The van der Waals surface area contributed by atoms with Crippen LogP contribution in [0.5, 0.6) is 0 Å². The summed E-state index contributed by atoms with van der Waals surface area (Å²) in [6.07, 6.45) is 6.25. The van der Waals surface area contributed by atoms with Crippen molar-refractivity contribution in [2.24, 2.45) is 16.3 Å². The van der Waals surface area contributed by atoms with Gasteiger partial charge in [0.1, 0.15) is 16.5 Å². The number of thiophene rings is 1. The standard InChI is InChI=1S/C30H29N3O3S3/c1-30(2,3)18-10-12-21-24(15-18)37-28(26(21)27(34)31-16-19-7-6-14-35-19)32-17-20-11-13-25(36-20)39-29-33-22-8-4-5-9-23(22)38-29/h4-9,11,13-14,17-18H,10,12,15-16H2,1-3H3,(H,31,34)/t18-/m0/s1. The lowest BCUT2D eigenvalue weighted by Crippen LogP contribution is -2.28. The Morgan fingerprint density at radius 1 is 1.18 bits per heavy atom. The maximum Gasteiger partial charge on any atom is 0.255 e. The van der Waals surface area contributed by atoms with Crippen molar-refractivity contribution in [3.05, 3.63) is 82.3 Å². The molecule has 1 aromatic carbocycles.